The van der Waals surface area contributed by atoms with E-state index in [4.69, 9.17) is 16.3 Å². The van der Waals surface area contributed by atoms with Crippen LogP contribution in [0.5, 0.6) is 5.75 Å². The van der Waals surface area contributed by atoms with Gasteiger partial charge in [0.2, 0.25) is 0 Å². The fraction of sp³-hybridized carbons (Fsp3) is 0.333. The van der Waals surface area contributed by atoms with Crippen molar-refractivity contribution in [3.8, 4) is 5.75 Å². The number of aromatic nitrogens is 1. The highest BCUT2D eigenvalue weighted by atomic mass is 35.5. The largest absolute Gasteiger partial charge is 0.495 e. The topological polar surface area (TPSA) is 80.6 Å². The highest BCUT2D eigenvalue weighted by Crippen LogP contribution is 2.28. The Morgan fingerprint density at radius 3 is 2.48 bits per heavy atom. The van der Waals surface area contributed by atoms with Crippen LogP contribution < -0.4 is 10.1 Å². The number of rotatable bonds is 6. The maximum Gasteiger partial charge on any atom is 0.330 e. The van der Waals surface area contributed by atoms with Crippen molar-refractivity contribution in [1.29, 1.82) is 0 Å². The predicted octanol–water partition coefficient (Wildman–Crippen LogP) is 3.34. The van der Waals surface area contributed by atoms with Crippen LogP contribution in [0.15, 0.2) is 24.3 Å². The molecule has 1 aromatic carbocycles. The summed E-state index contributed by atoms with van der Waals surface area (Å²) >= 11 is 6.07. The van der Waals surface area contributed by atoms with Gasteiger partial charge in [0, 0.05) is 17.9 Å². The minimum atomic E-state index is -1.21. The fourth-order valence-electron chi connectivity index (χ4n) is 2.88. The Bertz CT molecular complexity index is 814. The fourth-order valence-corrected chi connectivity index (χ4v) is 3.14. The monoisotopic (exact) mass is 364 g/mol. The molecule has 7 heteroatoms. The quantitative estimate of drug-likeness (QED) is 0.823. The van der Waals surface area contributed by atoms with Gasteiger partial charge in [-0.25, -0.2) is 4.79 Å². The van der Waals surface area contributed by atoms with Crippen LogP contribution in [0.2, 0.25) is 5.02 Å². The maximum atomic E-state index is 12.6. The van der Waals surface area contributed by atoms with Crippen molar-refractivity contribution in [3.63, 3.8) is 0 Å². The zero-order chi connectivity index (χ0) is 18.7. The summed E-state index contributed by atoms with van der Waals surface area (Å²) in [6, 6.07) is 5.17. The average molecular weight is 365 g/mol. The smallest absolute Gasteiger partial charge is 0.330 e. The third kappa shape index (κ3) is 3.79. The zero-order valence-electron chi connectivity index (χ0n) is 14.6. The number of ether oxygens (including phenoxy) is 1. The van der Waals surface area contributed by atoms with Gasteiger partial charge < -0.3 is 19.7 Å². The van der Waals surface area contributed by atoms with Crippen LogP contribution >= 0.6 is 11.6 Å². The number of hydrogen-bond donors (Lipinski definition) is 2. The second-order valence-electron chi connectivity index (χ2n) is 5.67. The number of carboxylic acid groups (broad SMARTS) is 1. The van der Waals surface area contributed by atoms with Crippen LogP contribution in [0.1, 0.15) is 40.3 Å². The molecule has 0 aliphatic carbocycles. The van der Waals surface area contributed by atoms with Crippen molar-refractivity contribution in [2.45, 2.75) is 33.4 Å². The lowest BCUT2D eigenvalue weighted by Gasteiger charge is -2.16. The summed E-state index contributed by atoms with van der Waals surface area (Å²) in [6.07, 6.45) is 0. The Hall–Kier alpha value is -2.47. The van der Waals surface area contributed by atoms with E-state index in [9.17, 15) is 14.7 Å². The van der Waals surface area contributed by atoms with Crippen LogP contribution in [0.3, 0.4) is 0 Å². The number of methoxy groups -OCH3 is 1. The minimum absolute atomic E-state index is 0.282. The van der Waals surface area contributed by atoms with Crippen molar-refractivity contribution in [3.05, 3.63) is 51.8 Å². The molecule has 25 heavy (non-hydrogen) atoms. The second kappa shape index (κ2) is 7.61. The molecule has 2 rings (SSSR count). The van der Waals surface area contributed by atoms with E-state index >= 15 is 0 Å². The van der Waals surface area contributed by atoms with E-state index in [0.717, 1.165) is 17.9 Å². The van der Waals surface area contributed by atoms with Gasteiger partial charge in [-0.2, -0.15) is 0 Å². The molecule has 0 fully saturated rings. The van der Waals surface area contributed by atoms with Crippen LogP contribution in [0.25, 0.3) is 0 Å². The SMILES string of the molecule is CCn1c(C)cc(C(=O)NC(C(=O)O)c2ccc(OC)c(Cl)c2)c1C. The number of aryl methyl sites for hydroxylation is 1. The van der Waals surface area contributed by atoms with Crippen molar-refractivity contribution in [2.24, 2.45) is 0 Å². The van der Waals surface area contributed by atoms with Gasteiger partial charge >= 0.3 is 5.97 Å². The molecule has 0 aliphatic rings. The lowest BCUT2D eigenvalue weighted by molar-refractivity contribution is -0.139. The normalized spacial score (nSPS) is 11.9. The molecule has 0 saturated heterocycles. The van der Waals surface area contributed by atoms with Crippen LogP contribution in [0.4, 0.5) is 0 Å². The Balaban J connectivity index is 2.32. The van der Waals surface area contributed by atoms with E-state index in [2.05, 4.69) is 5.32 Å². The molecule has 1 aromatic heterocycles. The second-order valence-corrected chi connectivity index (χ2v) is 6.07. The molecule has 2 aromatic rings. The van der Waals surface area contributed by atoms with E-state index in [1.807, 2.05) is 25.3 Å². The Morgan fingerprint density at radius 1 is 1.32 bits per heavy atom. The van der Waals surface area contributed by atoms with Gasteiger partial charge in [0.1, 0.15) is 5.75 Å². The van der Waals surface area contributed by atoms with Gasteiger partial charge in [-0.05, 0) is 44.5 Å². The Kier molecular flexibility index (Phi) is 5.74. The number of hydrogen-bond acceptors (Lipinski definition) is 3. The van der Waals surface area contributed by atoms with E-state index in [0.29, 0.717) is 16.9 Å². The number of carbonyl (C=O) groups is 2. The minimum Gasteiger partial charge on any atom is -0.495 e. The molecule has 2 N–H and O–H groups in total. The molecule has 0 bridgehead atoms. The molecule has 0 saturated carbocycles. The third-order valence-electron chi connectivity index (χ3n) is 4.17. The number of carbonyl (C=O) groups excluding carboxylic acids is 1. The first-order valence-electron chi connectivity index (χ1n) is 7.84. The summed E-state index contributed by atoms with van der Waals surface area (Å²) in [4.78, 5) is 24.2. The average Bonchev–Trinajstić information content (AvgIpc) is 2.86. The number of carboxylic acids is 1. The van der Waals surface area contributed by atoms with Gasteiger partial charge in [-0.1, -0.05) is 17.7 Å². The molecule has 1 unspecified atom stereocenters. The highest BCUT2D eigenvalue weighted by Gasteiger charge is 2.25. The number of nitrogens with zero attached hydrogens (tertiary/aromatic N) is 1. The first-order chi connectivity index (χ1) is 11.8. The van der Waals surface area contributed by atoms with E-state index < -0.39 is 17.9 Å². The Morgan fingerprint density at radius 2 is 2.00 bits per heavy atom. The zero-order valence-corrected chi connectivity index (χ0v) is 15.3. The molecule has 0 aliphatic heterocycles. The first-order valence-corrected chi connectivity index (χ1v) is 8.21. The summed E-state index contributed by atoms with van der Waals surface area (Å²) in [5, 5.41) is 12.4. The number of benzene rings is 1. The molecular formula is C18H21ClN2O4. The van der Waals surface area contributed by atoms with Gasteiger partial charge in [0.25, 0.3) is 5.91 Å². The van der Waals surface area contributed by atoms with Gasteiger partial charge in [-0.3, -0.25) is 4.79 Å². The lowest BCUT2D eigenvalue weighted by atomic mass is 10.1. The summed E-state index contributed by atoms with van der Waals surface area (Å²) in [5.41, 5.74) is 2.58. The standard InChI is InChI=1S/C18H21ClN2O4/c1-5-21-10(2)8-13(11(21)3)17(22)20-16(18(23)24)12-6-7-15(25-4)14(19)9-12/h6-9,16H,5H2,1-4H3,(H,20,22)(H,23,24). The molecule has 134 valence electrons. The van der Waals surface area contributed by atoms with Crippen LogP contribution in [-0.2, 0) is 11.3 Å². The number of halogens is 1. The molecule has 1 heterocycles. The summed E-state index contributed by atoms with van der Waals surface area (Å²) in [6.45, 7) is 6.47. The number of nitrogens with one attached hydrogen (secondary N) is 1. The van der Waals surface area contributed by atoms with Crippen molar-refractivity contribution < 1.29 is 19.4 Å². The number of aliphatic carboxylic acids is 1. The van der Waals surface area contributed by atoms with Gasteiger partial charge in [0.15, 0.2) is 6.04 Å². The summed E-state index contributed by atoms with van der Waals surface area (Å²) in [5.74, 6) is -1.17. The van der Waals surface area contributed by atoms with E-state index in [1.165, 1.54) is 13.2 Å². The van der Waals surface area contributed by atoms with E-state index in [1.54, 1.807) is 18.2 Å². The Labute approximate surface area is 151 Å². The van der Waals surface area contributed by atoms with Crippen molar-refractivity contribution in [1.82, 2.24) is 9.88 Å². The molecule has 0 spiro atoms. The van der Waals surface area contributed by atoms with Crippen LogP contribution in [-0.4, -0.2) is 28.7 Å². The molecule has 1 amide bonds. The van der Waals surface area contributed by atoms with Crippen molar-refractivity contribution in [2.75, 3.05) is 7.11 Å². The molecule has 1 atom stereocenters. The molecular weight excluding hydrogens is 344 g/mol. The molecule has 0 radical (unpaired) electrons. The highest BCUT2D eigenvalue weighted by molar-refractivity contribution is 6.32. The molecule has 6 nitrogen and oxygen atoms in total. The predicted molar refractivity (Wildman–Crippen MR) is 95.4 cm³/mol. The van der Waals surface area contributed by atoms with Crippen LogP contribution in [0, 0.1) is 13.8 Å². The summed E-state index contributed by atoms with van der Waals surface area (Å²) < 4.78 is 7.06. The summed E-state index contributed by atoms with van der Waals surface area (Å²) in [7, 11) is 1.47. The number of amides is 1. The first kappa shape index (κ1) is 18.9. The lowest BCUT2D eigenvalue weighted by Crippen LogP contribution is -2.34. The van der Waals surface area contributed by atoms with Gasteiger partial charge in [0.05, 0.1) is 17.7 Å². The maximum absolute atomic E-state index is 12.6. The van der Waals surface area contributed by atoms with E-state index in [-0.39, 0.29) is 5.02 Å². The van der Waals surface area contributed by atoms with Gasteiger partial charge in [-0.15, -0.1) is 0 Å². The third-order valence-corrected chi connectivity index (χ3v) is 4.46. The van der Waals surface area contributed by atoms with Crippen molar-refractivity contribution >= 4 is 23.5 Å².